The minimum atomic E-state index is 0.897. The largest absolute Gasteiger partial charge is 0.380 e. The lowest BCUT2D eigenvalue weighted by molar-refractivity contribution is 0.0803. The Morgan fingerprint density at radius 3 is 2.80 bits per heavy atom. The second kappa shape index (κ2) is 5.86. The van der Waals surface area contributed by atoms with E-state index >= 15 is 0 Å². The molecular weight excluding hydrogens is 186 g/mol. The standard InChI is InChI=1S/C13H25NO/c1-2-5-14-6-7-15-10-13-9-11-3-4-12(13)8-11/h11-14H,2-10H2,1H3. The van der Waals surface area contributed by atoms with E-state index in [2.05, 4.69) is 12.2 Å². The van der Waals surface area contributed by atoms with E-state index in [9.17, 15) is 0 Å². The van der Waals surface area contributed by atoms with Crippen LogP contribution in [-0.4, -0.2) is 26.3 Å². The fraction of sp³-hybridized carbons (Fsp3) is 1.00. The zero-order valence-corrected chi connectivity index (χ0v) is 10.0. The van der Waals surface area contributed by atoms with Crippen LogP contribution >= 0.6 is 0 Å². The van der Waals surface area contributed by atoms with Crippen molar-refractivity contribution in [3.05, 3.63) is 0 Å². The molecule has 2 aliphatic rings. The van der Waals surface area contributed by atoms with E-state index in [1.807, 2.05) is 0 Å². The Kier molecular flexibility index (Phi) is 4.45. The number of nitrogens with one attached hydrogen (secondary N) is 1. The van der Waals surface area contributed by atoms with Crippen molar-refractivity contribution >= 4 is 0 Å². The highest BCUT2D eigenvalue weighted by Gasteiger charge is 2.39. The monoisotopic (exact) mass is 211 g/mol. The van der Waals surface area contributed by atoms with Gasteiger partial charge in [0.05, 0.1) is 6.61 Å². The lowest BCUT2D eigenvalue weighted by Gasteiger charge is -2.21. The number of rotatable bonds is 7. The Hall–Kier alpha value is -0.0800. The van der Waals surface area contributed by atoms with Gasteiger partial charge in [-0.25, -0.2) is 0 Å². The SMILES string of the molecule is CCCNCCOCC1CC2CCC1C2. The topological polar surface area (TPSA) is 21.3 Å². The summed E-state index contributed by atoms with van der Waals surface area (Å²) in [6, 6.07) is 0. The smallest absolute Gasteiger partial charge is 0.0591 e. The predicted octanol–water partition coefficient (Wildman–Crippen LogP) is 2.44. The zero-order valence-electron chi connectivity index (χ0n) is 10.0. The Morgan fingerprint density at radius 2 is 2.13 bits per heavy atom. The maximum atomic E-state index is 5.75. The van der Waals surface area contributed by atoms with Gasteiger partial charge >= 0.3 is 0 Å². The van der Waals surface area contributed by atoms with Gasteiger partial charge in [0.25, 0.3) is 0 Å². The number of hydrogen-bond donors (Lipinski definition) is 1. The summed E-state index contributed by atoms with van der Waals surface area (Å²) in [7, 11) is 0. The molecule has 0 radical (unpaired) electrons. The normalized spacial score (nSPS) is 33.8. The highest BCUT2D eigenvalue weighted by molar-refractivity contribution is 4.89. The van der Waals surface area contributed by atoms with Gasteiger partial charge in [-0.15, -0.1) is 0 Å². The third-order valence-corrected chi connectivity index (χ3v) is 4.07. The molecule has 2 saturated carbocycles. The predicted molar refractivity (Wildman–Crippen MR) is 62.9 cm³/mol. The highest BCUT2D eigenvalue weighted by Crippen LogP contribution is 2.48. The van der Waals surface area contributed by atoms with E-state index in [0.717, 1.165) is 44.1 Å². The summed E-state index contributed by atoms with van der Waals surface area (Å²) >= 11 is 0. The molecule has 0 heterocycles. The molecule has 2 aliphatic carbocycles. The van der Waals surface area contributed by atoms with Crippen LogP contribution in [0.2, 0.25) is 0 Å². The molecule has 0 aromatic heterocycles. The molecule has 88 valence electrons. The van der Waals surface area contributed by atoms with Crippen LogP contribution in [0, 0.1) is 17.8 Å². The van der Waals surface area contributed by atoms with Crippen molar-refractivity contribution in [3.8, 4) is 0 Å². The fourth-order valence-corrected chi connectivity index (χ4v) is 3.26. The molecule has 2 fully saturated rings. The highest BCUT2D eigenvalue weighted by atomic mass is 16.5. The summed E-state index contributed by atoms with van der Waals surface area (Å²) in [4.78, 5) is 0. The van der Waals surface area contributed by atoms with Gasteiger partial charge in [-0.3, -0.25) is 0 Å². The van der Waals surface area contributed by atoms with Gasteiger partial charge < -0.3 is 10.1 Å². The van der Waals surface area contributed by atoms with Crippen molar-refractivity contribution in [2.75, 3.05) is 26.3 Å². The Bertz CT molecular complexity index is 183. The quantitative estimate of drug-likeness (QED) is 0.653. The van der Waals surface area contributed by atoms with E-state index in [0.29, 0.717) is 0 Å². The molecule has 2 bridgehead atoms. The molecule has 2 nitrogen and oxygen atoms in total. The van der Waals surface area contributed by atoms with Crippen LogP contribution in [0.5, 0.6) is 0 Å². The second-order valence-corrected chi connectivity index (χ2v) is 5.26. The minimum Gasteiger partial charge on any atom is -0.380 e. The first-order chi connectivity index (χ1) is 7.40. The molecule has 0 spiro atoms. The van der Waals surface area contributed by atoms with Crippen molar-refractivity contribution in [3.63, 3.8) is 0 Å². The first kappa shape index (κ1) is 11.4. The number of ether oxygens (including phenoxy) is 1. The Labute approximate surface area is 93.8 Å². The summed E-state index contributed by atoms with van der Waals surface area (Å²) in [5.41, 5.74) is 0. The van der Waals surface area contributed by atoms with Gasteiger partial charge in [0.15, 0.2) is 0 Å². The molecule has 15 heavy (non-hydrogen) atoms. The lowest BCUT2D eigenvalue weighted by Crippen LogP contribution is -2.23. The van der Waals surface area contributed by atoms with Crippen molar-refractivity contribution < 1.29 is 4.74 Å². The molecular formula is C13H25NO. The van der Waals surface area contributed by atoms with Crippen molar-refractivity contribution in [1.29, 1.82) is 0 Å². The molecule has 0 aromatic rings. The zero-order chi connectivity index (χ0) is 10.5. The maximum absolute atomic E-state index is 5.75. The van der Waals surface area contributed by atoms with E-state index in [1.54, 1.807) is 0 Å². The molecule has 2 rings (SSSR count). The molecule has 1 N–H and O–H groups in total. The van der Waals surface area contributed by atoms with E-state index in [4.69, 9.17) is 4.74 Å². The fourth-order valence-electron chi connectivity index (χ4n) is 3.26. The van der Waals surface area contributed by atoms with Crippen LogP contribution in [-0.2, 0) is 4.74 Å². The first-order valence-corrected chi connectivity index (χ1v) is 6.68. The van der Waals surface area contributed by atoms with Gasteiger partial charge in [-0.05, 0) is 50.0 Å². The molecule has 2 heteroatoms. The van der Waals surface area contributed by atoms with Crippen LogP contribution in [0.15, 0.2) is 0 Å². The summed E-state index contributed by atoms with van der Waals surface area (Å²) in [6.45, 7) is 6.26. The average molecular weight is 211 g/mol. The first-order valence-electron chi connectivity index (χ1n) is 6.68. The van der Waals surface area contributed by atoms with Gasteiger partial charge in [-0.2, -0.15) is 0 Å². The molecule has 0 aromatic carbocycles. The number of hydrogen-bond acceptors (Lipinski definition) is 2. The van der Waals surface area contributed by atoms with Crippen LogP contribution in [0.4, 0.5) is 0 Å². The van der Waals surface area contributed by atoms with Gasteiger partial charge in [0.1, 0.15) is 0 Å². The summed E-state index contributed by atoms with van der Waals surface area (Å²) in [6.07, 6.45) is 7.15. The van der Waals surface area contributed by atoms with Crippen LogP contribution in [0.3, 0.4) is 0 Å². The Balaban J connectivity index is 1.48. The molecule has 3 unspecified atom stereocenters. The molecule has 0 saturated heterocycles. The van der Waals surface area contributed by atoms with Gasteiger partial charge in [0, 0.05) is 13.2 Å². The van der Waals surface area contributed by atoms with E-state index in [1.165, 1.54) is 32.1 Å². The maximum Gasteiger partial charge on any atom is 0.0591 e. The Morgan fingerprint density at radius 1 is 1.20 bits per heavy atom. The summed E-state index contributed by atoms with van der Waals surface area (Å²) in [5, 5.41) is 3.37. The van der Waals surface area contributed by atoms with Gasteiger partial charge in [-0.1, -0.05) is 13.3 Å². The lowest BCUT2D eigenvalue weighted by atomic mass is 9.90. The van der Waals surface area contributed by atoms with E-state index in [-0.39, 0.29) is 0 Å². The van der Waals surface area contributed by atoms with Crippen molar-refractivity contribution in [2.24, 2.45) is 17.8 Å². The summed E-state index contributed by atoms with van der Waals surface area (Å²) < 4.78 is 5.75. The van der Waals surface area contributed by atoms with Crippen LogP contribution < -0.4 is 5.32 Å². The van der Waals surface area contributed by atoms with Crippen molar-refractivity contribution in [2.45, 2.75) is 39.0 Å². The van der Waals surface area contributed by atoms with Crippen LogP contribution in [0.1, 0.15) is 39.0 Å². The second-order valence-electron chi connectivity index (χ2n) is 5.26. The van der Waals surface area contributed by atoms with Gasteiger partial charge in [0.2, 0.25) is 0 Å². The molecule has 0 aliphatic heterocycles. The van der Waals surface area contributed by atoms with Crippen LogP contribution in [0.25, 0.3) is 0 Å². The number of fused-ring (bicyclic) bond motifs is 2. The molecule has 0 amide bonds. The summed E-state index contributed by atoms with van der Waals surface area (Å²) in [5.74, 6) is 2.97. The van der Waals surface area contributed by atoms with Crippen molar-refractivity contribution in [1.82, 2.24) is 5.32 Å². The third kappa shape index (κ3) is 3.18. The third-order valence-electron chi connectivity index (χ3n) is 4.07. The molecule has 3 atom stereocenters. The average Bonchev–Trinajstić information content (AvgIpc) is 2.85. The van der Waals surface area contributed by atoms with E-state index < -0.39 is 0 Å². The minimum absolute atomic E-state index is 0.897.